The van der Waals surface area contributed by atoms with Gasteiger partial charge >= 0.3 is 0 Å². The van der Waals surface area contributed by atoms with Crippen LogP contribution in [0.3, 0.4) is 0 Å². The molecule has 3 rings (SSSR count). The number of nitrogens with zero attached hydrogens (tertiary/aromatic N) is 1. The molecular formula is C15H22N2O3S. The molecule has 1 saturated heterocycles. The summed E-state index contributed by atoms with van der Waals surface area (Å²) in [4.78, 5) is 0.404. The number of hydrogen-bond donors (Lipinski definition) is 2. The van der Waals surface area contributed by atoms with Crippen molar-refractivity contribution < 1.29 is 13.5 Å². The van der Waals surface area contributed by atoms with Crippen molar-refractivity contribution in [2.45, 2.75) is 43.0 Å². The van der Waals surface area contributed by atoms with E-state index in [2.05, 4.69) is 5.32 Å². The molecule has 0 aliphatic carbocycles. The van der Waals surface area contributed by atoms with Crippen molar-refractivity contribution in [1.82, 2.24) is 4.31 Å². The van der Waals surface area contributed by atoms with Crippen LogP contribution in [0.1, 0.15) is 31.2 Å². The number of aliphatic hydroxyl groups is 1. The molecule has 1 aromatic carbocycles. The van der Waals surface area contributed by atoms with E-state index in [1.54, 1.807) is 10.4 Å². The normalized spacial score (nSPS) is 22.2. The Hall–Kier alpha value is -1.11. The van der Waals surface area contributed by atoms with E-state index in [-0.39, 0.29) is 12.6 Å². The highest BCUT2D eigenvalue weighted by Crippen LogP contribution is 2.31. The number of fused-ring (bicyclic) bond motifs is 1. The van der Waals surface area contributed by atoms with Gasteiger partial charge in [0.25, 0.3) is 0 Å². The van der Waals surface area contributed by atoms with Crippen LogP contribution in [0.5, 0.6) is 0 Å². The average Bonchev–Trinajstić information content (AvgIpc) is 3.13. The van der Waals surface area contributed by atoms with E-state index in [4.69, 9.17) is 5.11 Å². The fourth-order valence-corrected chi connectivity index (χ4v) is 5.09. The van der Waals surface area contributed by atoms with E-state index in [0.29, 0.717) is 17.9 Å². The topological polar surface area (TPSA) is 69.6 Å². The zero-order valence-electron chi connectivity index (χ0n) is 12.1. The Morgan fingerprint density at radius 2 is 2.24 bits per heavy atom. The van der Waals surface area contributed by atoms with Gasteiger partial charge in [-0.3, -0.25) is 0 Å². The molecular weight excluding hydrogens is 288 g/mol. The Balaban J connectivity index is 1.85. The Morgan fingerprint density at radius 3 is 3.05 bits per heavy atom. The molecule has 2 heterocycles. The van der Waals surface area contributed by atoms with Gasteiger partial charge in [0.15, 0.2) is 0 Å². The summed E-state index contributed by atoms with van der Waals surface area (Å²) in [5.41, 5.74) is 2.13. The summed E-state index contributed by atoms with van der Waals surface area (Å²) >= 11 is 0. The molecule has 0 bridgehead atoms. The number of nitrogens with one attached hydrogen (secondary N) is 1. The minimum atomic E-state index is -3.42. The zero-order valence-corrected chi connectivity index (χ0v) is 12.9. The van der Waals surface area contributed by atoms with Crippen molar-refractivity contribution in [2.24, 2.45) is 0 Å². The molecule has 0 amide bonds. The fraction of sp³-hybridized carbons (Fsp3) is 0.600. The van der Waals surface area contributed by atoms with E-state index in [9.17, 15) is 8.42 Å². The summed E-state index contributed by atoms with van der Waals surface area (Å²) in [6, 6.07) is 5.42. The molecule has 0 saturated carbocycles. The van der Waals surface area contributed by atoms with E-state index in [0.717, 1.165) is 43.5 Å². The summed E-state index contributed by atoms with van der Waals surface area (Å²) in [5.74, 6) is 0. The first-order chi connectivity index (χ1) is 10.1. The minimum absolute atomic E-state index is 0.0357. The second-order valence-electron chi connectivity index (χ2n) is 5.77. The molecule has 21 heavy (non-hydrogen) atoms. The maximum Gasteiger partial charge on any atom is 0.243 e. The van der Waals surface area contributed by atoms with Crippen molar-refractivity contribution in [3.05, 3.63) is 23.8 Å². The molecule has 1 fully saturated rings. The summed E-state index contributed by atoms with van der Waals surface area (Å²) in [5, 5.41) is 12.2. The molecule has 0 radical (unpaired) electrons. The standard InChI is InChI=1S/C15H22N2O3S/c18-10-2-4-13-3-1-9-17(13)21(19,20)14-5-6-15-12(11-14)7-8-16-15/h5-6,11,13,16,18H,1-4,7-10H2. The molecule has 5 nitrogen and oxygen atoms in total. The van der Waals surface area contributed by atoms with E-state index in [1.807, 2.05) is 12.1 Å². The maximum absolute atomic E-state index is 12.9. The van der Waals surface area contributed by atoms with E-state index < -0.39 is 10.0 Å². The second kappa shape index (κ2) is 5.94. The van der Waals surface area contributed by atoms with E-state index >= 15 is 0 Å². The first-order valence-electron chi connectivity index (χ1n) is 7.62. The lowest BCUT2D eigenvalue weighted by Crippen LogP contribution is -2.35. The number of benzene rings is 1. The number of hydrogen-bond acceptors (Lipinski definition) is 4. The largest absolute Gasteiger partial charge is 0.396 e. The van der Waals surface area contributed by atoms with Crippen LogP contribution in [0.2, 0.25) is 0 Å². The molecule has 1 atom stereocenters. The lowest BCUT2D eigenvalue weighted by molar-refractivity contribution is 0.264. The summed E-state index contributed by atoms with van der Waals surface area (Å²) in [6.07, 6.45) is 4.08. The van der Waals surface area contributed by atoms with Gasteiger partial charge in [0.05, 0.1) is 4.90 Å². The molecule has 116 valence electrons. The third-order valence-corrected chi connectivity index (χ3v) is 6.36. The van der Waals surface area contributed by atoms with Crippen molar-refractivity contribution in [3.63, 3.8) is 0 Å². The summed E-state index contributed by atoms with van der Waals surface area (Å²) < 4.78 is 27.3. The molecule has 0 spiro atoms. The average molecular weight is 310 g/mol. The third kappa shape index (κ3) is 2.80. The predicted octanol–water partition coefficient (Wildman–Crippen LogP) is 1.58. The van der Waals surface area contributed by atoms with Gasteiger partial charge in [0, 0.05) is 31.4 Å². The Labute approximate surface area is 126 Å². The summed E-state index contributed by atoms with van der Waals surface area (Å²) in [7, 11) is -3.42. The lowest BCUT2D eigenvalue weighted by atomic mass is 10.1. The summed E-state index contributed by atoms with van der Waals surface area (Å²) in [6.45, 7) is 1.59. The number of aliphatic hydroxyl groups excluding tert-OH is 1. The van der Waals surface area contributed by atoms with Gasteiger partial charge in [-0.05, 0) is 55.9 Å². The van der Waals surface area contributed by atoms with Crippen LogP contribution in [0.25, 0.3) is 0 Å². The highest BCUT2D eigenvalue weighted by Gasteiger charge is 2.35. The Bertz CT molecular complexity index is 615. The first-order valence-corrected chi connectivity index (χ1v) is 9.06. The Morgan fingerprint density at radius 1 is 1.38 bits per heavy atom. The van der Waals surface area contributed by atoms with Crippen molar-refractivity contribution >= 4 is 15.7 Å². The molecule has 1 unspecified atom stereocenters. The number of rotatable bonds is 5. The van der Waals surface area contributed by atoms with Crippen LogP contribution < -0.4 is 5.32 Å². The monoisotopic (exact) mass is 310 g/mol. The first kappa shape index (κ1) is 14.8. The highest BCUT2D eigenvalue weighted by molar-refractivity contribution is 7.89. The zero-order chi connectivity index (χ0) is 14.9. The van der Waals surface area contributed by atoms with Gasteiger partial charge in [0.1, 0.15) is 0 Å². The van der Waals surface area contributed by atoms with Gasteiger partial charge in [-0.1, -0.05) is 0 Å². The third-order valence-electron chi connectivity index (χ3n) is 4.41. The van der Waals surface area contributed by atoms with Crippen molar-refractivity contribution in [2.75, 3.05) is 25.0 Å². The van der Waals surface area contributed by atoms with E-state index in [1.165, 1.54) is 0 Å². The van der Waals surface area contributed by atoms with Gasteiger partial charge < -0.3 is 10.4 Å². The quantitative estimate of drug-likeness (QED) is 0.866. The number of anilines is 1. The molecule has 2 N–H and O–H groups in total. The molecule has 2 aliphatic heterocycles. The highest BCUT2D eigenvalue weighted by atomic mass is 32.2. The molecule has 0 aromatic heterocycles. The van der Waals surface area contributed by atoms with Crippen molar-refractivity contribution in [3.8, 4) is 0 Å². The fourth-order valence-electron chi connectivity index (χ4n) is 3.32. The van der Waals surface area contributed by atoms with Gasteiger partial charge in [-0.2, -0.15) is 4.31 Å². The van der Waals surface area contributed by atoms with Gasteiger partial charge in [-0.15, -0.1) is 0 Å². The lowest BCUT2D eigenvalue weighted by Gasteiger charge is -2.24. The minimum Gasteiger partial charge on any atom is -0.396 e. The Kier molecular flexibility index (Phi) is 4.19. The second-order valence-corrected chi connectivity index (χ2v) is 7.66. The van der Waals surface area contributed by atoms with Crippen LogP contribution in [-0.4, -0.2) is 43.6 Å². The van der Waals surface area contributed by atoms with Crippen LogP contribution in [-0.2, 0) is 16.4 Å². The van der Waals surface area contributed by atoms with Crippen LogP contribution in [0.15, 0.2) is 23.1 Å². The predicted molar refractivity (Wildman–Crippen MR) is 81.9 cm³/mol. The van der Waals surface area contributed by atoms with Crippen LogP contribution in [0.4, 0.5) is 5.69 Å². The van der Waals surface area contributed by atoms with Crippen LogP contribution >= 0.6 is 0 Å². The van der Waals surface area contributed by atoms with Gasteiger partial charge in [0.2, 0.25) is 10.0 Å². The molecule has 2 aliphatic rings. The van der Waals surface area contributed by atoms with Gasteiger partial charge in [-0.25, -0.2) is 8.42 Å². The molecule has 1 aromatic rings. The molecule has 6 heteroatoms. The number of sulfonamides is 1. The van der Waals surface area contributed by atoms with Crippen LogP contribution in [0, 0.1) is 0 Å². The van der Waals surface area contributed by atoms with Crippen molar-refractivity contribution in [1.29, 1.82) is 0 Å². The SMILES string of the molecule is O=S(=O)(c1ccc2c(c1)CCN2)N1CCCC1CCCO. The smallest absolute Gasteiger partial charge is 0.243 e. The maximum atomic E-state index is 12.9.